The SMILES string of the molecule is C/C=C/CC(NC(=O)c1cccc(S(=O)(=O)NC2CCCC2)c1)C(=O)O. The number of carboxylic acid groups (broad SMARTS) is 1. The Morgan fingerprint density at radius 1 is 1.31 bits per heavy atom. The smallest absolute Gasteiger partial charge is 0.326 e. The number of aliphatic carboxylic acids is 1. The summed E-state index contributed by atoms with van der Waals surface area (Å²) in [5.41, 5.74) is 0.103. The van der Waals surface area contributed by atoms with Crippen molar-refractivity contribution in [1.29, 1.82) is 0 Å². The van der Waals surface area contributed by atoms with Gasteiger partial charge in [-0.1, -0.05) is 31.1 Å². The molecule has 1 aromatic carbocycles. The Morgan fingerprint density at radius 2 is 2.00 bits per heavy atom. The molecule has 8 heteroatoms. The number of sulfonamides is 1. The van der Waals surface area contributed by atoms with Gasteiger partial charge in [0.1, 0.15) is 6.04 Å². The van der Waals surface area contributed by atoms with E-state index < -0.39 is 27.9 Å². The molecule has 0 bridgehead atoms. The minimum absolute atomic E-state index is 0.00243. The molecule has 3 N–H and O–H groups in total. The van der Waals surface area contributed by atoms with Crippen LogP contribution in [0.3, 0.4) is 0 Å². The monoisotopic (exact) mass is 380 g/mol. The van der Waals surface area contributed by atoms with E-state index in [0.29, 0.717) is 0 Å². The Hall–Kier alpha value is -2.19. The zero-order valence-corrected chi connectivity index (χ0v) is 15.5. The quantitative estimate of drug-likeness (QED) is 0.598. The van der Waals surface area contributed by atoms with Crippen molar-refractivity contribution in [1.82, 2.24) is 10.0 Å². The number of hydrogen-bond donors (Lipinski definition) is 3. The first-order chi connectivity index (χ1) is 12.3. The highest BCUT2D eigenvalue weighted by molar-refractivity contribution is 7.89. The average Bonchev–Trinajstić information content (AvgIpc) is 3.10. The average molecular weight is 380 g/mol. The number of rotatable bonds is 8. The fourth-order valence-corrected chi connectivity index (χ4v) is 4.22. The lowest BCUT2D eigenvalue weighted by atomic mass is 10.1. The lowest BCUT2D eigenvalue weighted by Gasteiger charge is -2.15. The van der Waals surface area contributed by atoms with Gasteiger partial charge in [-0.05, 0) is 44.4 Å². The van der Waals surface area contributed by atoms with Gasteiger partial charge in [0.2, 0.25) is 10.0 Å². The molecule has 1 unspecified atom stereocenters. The van der Waals surface area contributed by atoms with Gasteiger partial charge in [0.05, 0.1) is 4.90 Å². The Labute approximate surface area is 153 Å². The van der Waals surface area contributed by atoms with Crippen molar-refractivity contribution < 1.29 is 23.1 Å². The van der Waals surface area contributed by atoms with Crippen LogP contribution in [-0.2, 0) is 14.8 Å². The first-order valence-corrected chi connectivity index (χ1v) is 10.1. The summed E-state index contributed by atoms with van der Waals surface area (Å²) in [6, 6.07) is 4.47. The molecule has 142 valence electrons. The highest BCUT2D eigenvalue weighted by Gasteiger charge is 2.24. The molecule has 1 amide bonds. The van der Waals surface area contributed by atoms with Crippen LogP contribution in [-0.4, -0.2) is 37.5 Å². The van der Waals surface area contributed by atoms with E-state index in [4.69, 9.17) is 0 Å². The van der Waals surface area contributed by atoms with Gasteiger partial charge in [-0.3, -0.25) is 4.79 Å². The van der Waals surface area contributed by atoms with E-state index in [1.165, 1.54) is 24.3 Å². The summed E-state index contributed by atoms with van der Waals surface area (Å²) in [6.45, 7) is 1.76. The van der Waals surface area contributed by atoms with Gasteiger partial charge in [-0.2, -0.15) is 0 Å². The molecule has 0 aliphatic heterocycles. The van der Waals surface area contributed by atoms with Crippen LogP contribution in [0.15, 0.2) is 41.3 Å². The fraction of sp³-hybridized carbons (Fsp3) is 0.444. The van der Waals surface area contributed by atoms with Gasteiger partial charge < -0.3 is 10.4 Å². The third kappa shape index (κ3) is 5.40. The van der Waals surface area contributed by atoms with Crippen LogP contribution in [0.2, 0.25) is 0 Å². The topological polar surface area (TPSA) is 113 Å². The number of amides is 1. The van der Waals surface area contributed by atoms with Gasteiger partial charge in [0.25, 0.3) is 5.91 Å². The maximum absolute atomic E-state index is 12.5. The predicted molar refractivity (Wildman–Crippen MR) is 97.3 cm³/mol. The number of carboxylic acids is 1. The summed E-state index contributed by atoms with van der Waals surface area (Å²) >= 11 is 0. The molecule has 1 aromatic rings. The highest BCUT2D eigenvalue weighted by Crippen LogP contribution is 2.21. The second-order valence-electron chi connectivity index (χ2n) is 6.30. The van der Waals surface area contributed by atoms with Gasteiger partial charge in [-0.25, -0.2) is 17.9 Å². The number of hydrogen-bond acceptors (Lipinski definition) is 4. The van der Waals surface area contributed by atoms with Crippen LogP contribution in [0.5, 0.6) is 0 Å². The molecular weight excluding hydrogens is 356 g/mol. The minimum atomic E-state index is -3.72. The van der Waals surface area contributed by atoms with Crippen molar-refractivity contribution in [2.75, 3.05) is 0 Å². The minimum Gasteiger partial charge on any atom is -0.480 e. The molecular formula is C18H24N2O5S. The molecule has 0 aromatic heterocycles. The van der Waals surface area contributed by atoms with Crippen molar-refractivity contribution in [3.63, 3.8) is 0 Å². The molecule has 1 fully saturated rings. The number of nitrogens with one attached hydrogen (secondary N) is 2. The first-order valence-electron chi connectivity index (χ1n) is 8.60. The summed E-state index contributed by atoms with van der Waals surface area (Å²) in [5.74, 6) is -1.78. The number of allylic oxidation sites excluding steroid dienone is 1. The van der Waals surface area contributed by atoms with Crippen LogP contribution < -0.4 is 10.0 Å². The van der Waals surface area contributed by atoms with Crippen molar-refractivity contribution in [3.05, 3.63) is 42.0 Å². The maximum Gasteiger partial charge on any atom is 0.326 e. The molecule has 1 aliphatic rings. The molecule has 2 rings (SSSR count). The van der Waals surface area contributed by atoms with Crippen LogP contribution in [0.1, 0.15) is 49.4 Å². The summed E-state index contributed by atoms with van der Waals surface area (Å²) in [7, 11) is -3.72. The zero-order chi connectivity index (χ0) is 19.2. The Bertz CT molecular complexity index is 783. The third-order valence-electron chi connectivity index (χ3n) is 4.29. The van der Waals surface area contributed by atoms with Crippen molar-refractivity contribution in [2.24, 2.45) is 0 Å². The Kier molecular flexibility index (Phi) is 6.93. The van der Waals surface area contributed by atoms with E-state index in [-0.39, 0.29) is 22.9 Å². The van der Waals surface area contributed by atoms with E-state index in [9.17, 15) is 23.1 Å². The molecule has 1 aliphatic carbocycles. The highest BCUT2D eigenvalue weighted by atomic mass is 32.2. The summed E-state index contributed by atoms with van der Waals surface area (Å²) in [5, 5.41) is 11.6. The van der Waals surface area contributed by atoms with E-state index in [1.807, 2.05) is 0 Å². The Balaban J connectivity index is 2.14. The number of carbonyl (C=O) groups is 2. The van der Waals surface area contributed by atoms with E-state index >= 15 is 0 Å². The second-order valence-corrected chi connectivity index (χ2v) is 8.01. The van der Waals surface area contributed by atoms with E-state index in [2.05, 4.69) is 10.0 Å². The predicted octanol–water partition coefficient (Wildman–Crippen LogP) is 2.06. The lowest BCUT2D eigenvalue weighted by molar-refractivity contribution is -0.139. The van der Waals surface area contributed by atoms with Gasteiger partial charge in [-0.15, -0.1) is 0 Å². The van der Waals surface area contributed by atoms with Gasteiger partial charge >= 0.3 is 5.97 Å². The van der Waals surface area contributed by atoms with Crippen molar-refractivity contribution >= 4 is 21.9 Å². The van der Waals surface area contributed by atoms with Gasteiger partial charge in [0, 0.05) is 11.6 Å². The molecule has 0 heterocycles. The number of benzene rings is 1. The van der Waals surface area contributed by atoms with Crippen LogP contribution >= 0.6 is 0 Å². The third-order valence-corrected chi connectivity index (χ3v) is 5.81. The normalized spacial score (nSPS) is 16.7. The maximum atomic E-state index is 12.5. The van der Waals surface area contributed by atoms with Crippen molar-refractivity contribution in [2.45, 2.75) is 56.0 Å². The van der Waals surface area contributed by atoms with Crippen molar-refractivity contribution in [3.8, 4) is 0 Å². The van der Waals surface area contributed by atoms with Crippen LogP contribution in [0.4, 0.5) is 0 Å². The largest absolute Gasteiger partial charge is 0.480 e. The molecule has 0 saturated heterocycles. The summed E-state index contributed by atoms with van der Waals surface area (Å²) < 4.78 is 27.6. The molecule has 0 radical (unpaired) electrons. The van der Waals surface area contributed by atoms with Crippen LogP contribution in [0.25, 0.3) is 0 Å². The second kappa shape index (κ2) is 8.95. The van der Waals surface area contributed by atoms with Gasteiger partial charge in [0.15, 0.2) is 0 Å². The molecule has 0 spiro atoms. The fourth-order valence-electron chi connectivity index (χ4n) is 2.87. The molecule has 1 saturated carbocycles. The van der Waals surface area contributed by atoms with E-state index in [0.717, 1.165) is 25.7 Å². The molecule has 26 heavy (non-hydrogen) atoms. The standard InChI is InChI=1S/C18H24N2O5S/c1-2-3-11-16(18(22)23)19-17(21)13-7-6-10-15(12-13)26(24,25)20-14-8-4-5-9-14/h2-3,6-7,10,12,14,16,20H,4-5,8-9,11H2,1H3,(H,19,21)(H,22,23)/b3-2+. The molecule has 1 atom stereocenters. The zero-order valence-electron chi connectivity index (χ0n) is 14.6. The Morgan fingerprint density at radius 3 is 2.62 bits per heavy atom. The molecule has 7 nitrogen and oxygen atoms in total. The number of carbonyl (C=O) groups excluding carboxylic acids is 1. The first kappa shape index (κ1) is 20.1. The lowest BCUT2D eigenvalue weighted by Crippen LogP contribution is -2.40. The van der Waals surface area contributed by atoms with Crippen LogP contribution in [0, 0.1) is 0 Å². The summed E-state index contributed by atoms with van der Waals surface area (Å²) in [6.07, 6.45) is 7.11. The van der Waals surface area contributed by atoms with E-state index in [1.54, 1.807) is 19.1 Å². The summed E-state index contributed by atoms with van der Waals surface area (Å²) in [4.78, 5) is 23.6.